The zero-order valence-electron chi connectivity index (χ0n) is 23.6. The van der Waals surface area contributed by atoms with Crippen LogP contribution in [0, 0.1) is 0 Å². The van der Waals surface area contributed by atoms with E-state index in [0.29, 0.717) is 6.54 Å². The molecule has 7 nitrogen and oxygen atoms in total. The fourth-order valence-electron chi connectivity index (χ4n) is 5.82. The second-order valence-electron chi connectivity index (χ2n) is 10.6. The third-order valence-electron chi connectivity index (χ3n) is 7.90. The molecular formula is C33H41N5O2. The van der Waals surface area contributed by atoms with Crippen molar-refractivity contribution in [2.24, 2.45) is 0 Å². The van der Waals surface area contributed by atoms with Gasteiger partial charge < -0.3 is 20.4 Å². The highest BCUT2D eigenvalue weighted by molar-refractivity contribution is 5.83. The first kappa shape index (κ1) is 27.9. The molecule has 0 radical (unpaired) electrons. The number of H-pyrrole nitrogens is 1. The van der Waals surface area contributed by atoms with Gasteiger partial charge in [-0.3, -0.25) is 14.6 Å². The molecule has 1 fully saturated rings. The molecule has 5 rings (SSSR count). The van der Waals surface area contributed by atoms with Crippen molar-refractivity contribution < 1.29 is 9.53 Å². The largest absolute Gasteiger partial charge is 0.496 e. The van der Waals surface area contributed by atoms with E-state index >= 15 is 0 Å². The number of aromatic amines is 1. The summed E-state index contributed by atoms with van der Waals surface area (Å²) in [5, 5.41) is 8.14. The summed E-state index contributed by atoms with van der Waals surface area (Å²) in [6, 6.07) is 27.2. The van der Waals surface area contributed by atoms with Crippen molar-refractivity contribution in [1.29, 1.82) is 0 Å². The number of carbonyl (C=O) groups excluding carboxylic acids is 1. The number of hydrogen-bond donors (Lipinski definition) is 3. The van der Waals surface area contributed by atoms with E-state index in [1.165, 1.54) is 16.5 Å². The second-order valence-corrected chi connectivity index (χ2v) is 10.6. The van der Waals surface area contributed by atoms with Crippen LogP contribution >= 0.6 is 0 Å². The normalized spacial score (nSPS) is 16.7. The molecule has 40 heavy (non-hydrogen) atoms. The van der Waals surface area contributed by atoms with Crippen molar-refractivity contribution in [3.05, 3.63) is 102 Å². The molecule has 210 valence electrons. The lowest BCUT2D eigenvalue weighted by Gasteiger charge is -2.36. The number of ether oxygens (including phenoxy) is 1. The molecule has 7 heteroatoms. The lowest BCUT2D eigenvalue weighted by molar-refractivity contribution is -0.123. The summed E-state index contributed by atoms with van der Waals surface area (Å²) in [6.07, 6.45) is 2.84. The van der Waals surface area contributed by atoms with Crippen LogP contribution in [-0.4, -0.2) is 73.1 Å². The highest BCUT2D eigenvalue weighted by Crippen LogP contribution is 2.23. The molecule has 0 spiro atoms. The van der Waals surface area contributed by atoms with Crippen LogP contribution in [0.15, 0.2) is 85.1 Å². The Balaban J connectivity index is 1.32. The van der Waals surface area contributed by atoms with Gasteiger partial charge in [0.05, 0.1) is 13.7 Å². The van der Waals surface area contributed by atoms with Crippen molar-refractivity contribution >= 4 is 16.8 Å². The van der Waals surface area contributed by atoms with E-state index in [0.717, 1.165) is 62.5 Å². The minimum Gasteiger partial charge on any atom is -0.496 e. The number of aromatic nitrogens is 1. The average Bonchev–Trinajstić information content (AvgIpc) is 3.40. The number of benzene rings is 3. The molecule has 0 bridgehead atoms. The smallest absolute Gasteiger partial charge is 0.234 e. The van der Waals surface area contributed by atoms with Gasteiger partial charge in [-0.05, 0) is 36.2 Å². The minimum atomic E-state index is -0.0422. The number of para-hydroxylation sites is 2. The van der Waals surface area contributed by atoms with E-state index in [9.17, 15) is 4.79 Å². The van der Waals surface area contributed by atoms with E-state index in [1.54, 1.807) is 7.11 Å². The summed E-state index contributed by atoms with van der Waals surface area (Å²) in [4.78, 5) is 21.7. The predicted octanol–water partition coefficient (Wildman–Crippen LogP) is 4.37. The summed E-state index contributed by atoms with van der Waals surface area (Å²) in [6.45, 7) is 7.49. The van der Waals surface area contributed by atoms with E-state index in [1.807, 2.05) is 30.3 Å². The van der Waals surface area contributed by atoms with Crippen LogP contribution in [0.4, 0.5) is 0 Å². The van der Waals surface area contributed by atoms with Gasteiger partial charge in [0.2, 0.25) is 5.91 Å². The van der Waals surface area contributed by atoms with Crippen LogP contribution in [0.2, 0.25) is 0 Å². The van der Waals surface area contributed by atoms with Crippen molar-refractivity contribution in [2.45, 2.75) is 32.0 Å². The number of likely N-dealkylation sites (N-methyl/N-ethyl adjacent to an activating group) is 1. The molecule has 2 atom stereocenters. The third-order valence-corrected chi connectivity index (χ3v) is 7.90. The van der Waals surface area contributed by atoms with E-state index in [4.69, 9.17) is 4.74 Å². The van der Waals surface area contributed by atoms with Crippen molar-refractivity contribution in [1.82, 2.24) is 25.4 Å². The molecule has 4 aromatic rings. The lowest BCUT2D eigenvalue weighted by atomic mass is 10.0. The molecule has 3 N–H and O–H groups in total. The Morgan fingerprint density at radius 2 is 1.82 bits per heavy atom. The zero-order chi connectivity index (χ0) is 27.7. The molecule has 1 saturated heterocycles. The van der Waals surface area contributed by atoms with Crippen LogP contribution in [-0.2, 0) is 17.8 Å². The number of methoxy groups -OCH3 is 1. The summed E-state index contributed by atoms with van der Waals surface area (Å²) >= 11 is 0. The third kappa shape index (κ3) is 6.91. The van der Waals surface area contributed by atoms with Gasteiger partial charge >= 0.3 is 0 Å². The quantitative estimate of drug-likeness (QED) is 0.249. The second kappa shape index (κ2) is 13.6. The van der Waals surface area contributed by atoms with Crippen LogP contribution < -0.4 is 15.4 Å². The van der Waals surface area contributed by atoms with E-state index in [-0.39, 0.29) is 18.0 Å². The Bertz CT molecular complexity index is 1370. The number of nitrogens with zero attached hydrogens (tertiary/aromatic N) is 2. The molecule has 0 saturated carbocycles. The number of rotatable bonds is 12. The van der Waals surface area contributed by atoms with E-state index < -0.39 is 0 Å². The highest BCUT2D eigenvalue weighted by Gasteiger charge is 2.27. The van der Waals surface area contributed by atoms with Gasteiger partial charge in [-0.25, -0.2) is 0 Å². The Kier molecular flexibility index (Phi) is 9.50. The Labute approximate surface area is 237 Å². The van der Waals surface area contributed by atoms with Crippen LogP contribution in [0.1, 0.15) is 29.7 Å². The number of amides is 1. The van der Waals surface area contributed by atoms with Gasteiger partial charge in [0.1, 0.15) is 5.75 Å². The monoisotopic (exact) mass is 539 g/mol. The Morgan fingerprint density at radius 1 is 1.05 bits per heavy atom. The first-order valence-corrected chi connectivity index (χ1v) is 14.3. The number of piperazine rings is 1. The Morgan fingerprint density at radius 3 is 2.65 bits per heavy atom. The molecule has 1 aromatic heterocycles. The van der Waals surface area contributed by atoms with Gasteiger partial charge in [-0.2, -0.15) is 0 Å². The van der Waals surface area contributed by atoms with Gasteiger partial charge in [0.25, 0.3) is 0 Å². The van der Waals surface area contributed by atoms with Crippen LogP contribution in [0.3, 0.4) is 0 Å². The number of hydrogen-bond acceptors (Lipinski definition) is 5. The first-order valence-electron chi connectivity index (χ1n) is 14.3. The predicted molar refractivity (Wildman–Crippen MR) is 162 cm³/mol. The fraction of sp³-hybridized carbons (Fsp3) is 0.364. The lowest BCUT2D eigenvalue weighted by Crippen LogP contribution is -2.52. The fourth-order valence-corrected chi connectivity index (χ4v) is 5.82. The van der Waals surface area contributed by atoms with Crippen molar-refractivity contribution in [3.8, 4) is 5.75 Å². The van der Waals surface area contributed by atoms with E-state index in [2.05, 4.69) is 87.1 Å². The van der Waals surface area contributed by atoms with Gasteiger partial charge in [-0.15, -0.1) is 0 Å². The topological polar surface area (TPSA) is 72.6 Å². The maximum absolute atomic E-state index is 13.6. The standard InChI is InChI=1S/C33H41N5O2/c1-3-37(22-26-13-7-10-16-32(26)40-2)23-28(19-27-20-35-30-15-9-8-14-29(27)30)36-33(39)24-38-18-17-34-21-31(38)25-11-5-4-6-12-25/h4-16,20,28,31,34-35H,3,17-19,21-24H2,1-2H3,(H,36,39). The number of fused-ring (bicyclic) bond motifs is 1. The summed E-state index contributed by atoms with van der Waals surface area (Å²) in [7, 11) is 1.72. The summed E-state index contributed by atoms with van der Waals surface area (Å²) < 4.78 is 5.61. The zero-order valence-corrected chi connectivity index (χ0v) is 23.6. The first-order chi connectivity index (χ1) is 19.6. The maximum atomic E-state index is 13.6. The molecule has 1 aliphatic rings. The molecule has 1 aliphatic heterocycles. The van der Waals surface area contributed by atoms with Crippen LogP contribution in [0.25, 0.3) is 10.9 Å². The highest BCUT2D eigenvalue weighted by atomic mass is 16.5. The number of nitrogens with one attached hydrogen (secondary N) is 3. The molecule has 0 aliphatic carbocycles. The molecule has 3 aromatic carbocycles. The molecule has 2 unspecified atom stereocenters. The van der Waals surface area contributed by atoms with Crippen molar-refractivity contribution in [2.75, 3.05) is 46.4 Å². The minimum absolute atomic E-state index is 0.0422. The average molecular weight is 540 g/mol. The SMILES string of the molecule is CCN(Cc1ccccc1OC)CC(Cc1c[nH]c2ccccc12)NC(=O)CN1CCNCC1c1ccccc1. The van der Waals surface area contributed by atoms with Gasteiger partial charge in [-0.1, -0.05) is 73.7 Å². The molecule has 1 amide bonds. The van der Waals surface area contributed by atoms with Gasteiger partial charge in [0, 0.05) is 67.5 Å². The molecule has 2 heterocycles. The Hall–Kier alpha value is -3.65. The number of carbonyl (C=O) groups is 1. The maximum Gasteiger partial charge on any atom is 0.234 e. The summed E-state index contributed by atoms with van der Waals surface area (Å²) in [5.41, 5.74) is 4.73. The van der Waals surface area contributed by atoms with Crippen LogP contribution in [0.5, 0.6) is 5.75 Å². The molecular weight excluding hydrogens is 498 g/mol. The van der Waals surface area contributed by atoms with Crippen molar-refractivity contribution in [3.63, 3.8) is 0 Å². The van der Waals surface area contributed by atoms with Gasteiger partial charge in [0.15, 0.2) is 0 Å². The summed E-state index contributed by atoms with van der Waals surface area (Å²) in [5.74, 6) is 0.963.